The Hall–Kier alpha value is -4.24. The molecular formula is C46H48NO2-. The van der Waals surface area contributed by atoms with Crippen LogP contribution in [0.25, 0.3) is 44.8 Å². The summed E-state index contributed by atoms with van der Waals surface area (Å²) in [4.78, 5) is 5.57. The zero-order chi connectivity index (χ0) is 32.9. The Morgan fingerprint density at radius 1 is 0.367 bits per heavy atom. The van der Waals surface area contributed by atoms with Crippen LogP contribution in [-0.2, 0) is 51.4 Å². The molecule has 1 heterocycles. The normalized spacial score (nSPS) is 16.7. The van der Waals surface area contributed by atoms with Crippen LogP contribution in [0.4, 0.5) is 0 Å². The summed E-state index contributed by atoms with van der Waals surface area (Å²) in [5, 5.41) is 0. The highest BCUT2D eigenvalue weighted by molar-refractivity contribution is 5.94. The molecule has 0 aliphatic heterocycles. The molecule has 5 aromatic rings. The molecule has 9 rings (SSSR count). The predicted molar refractivity (Wildman–Crippen MR) is 201 cm³/mol. The van der Waals surface area contributed by atoms with Gasteiger partial charge in [-0.3, -0.25) is 0 Å². The Bertz CT molecular complexity index is 1920. The highest BCUT2D eigenvalue weighted by atomic mass is 16.5. The fourth-order valence-electron chi connectivity index (χ4n) is 9.82. The summed E-state index contributed by atoms with van der Waals surface area (Å²) in [6, 6.07) is 23.2. The lowest BCUT2D eigenvalue weighted by Gasteiger charge is -2.30. The zero-order valence-corrected chi connectivity index (χ0v) is 29.4. The first-order valence-electron chi connectivity index (χ1n) is 19.1. The number of rotatable bonds is 6. The van der Waals surface area contributed by atoms with Crippen molar-refractivity contribution in [1.29, 1.82) is 0 Å². The van der Waals surface area contributed by atoms with Crippen molar-refractivity contribution in [2.45, 2.75) is 103 Å². The lowest BCUT2D eigenvalue weighted by Crippen LogP contribution is -2.11. The fourth-order valence-corrected chi connectivity index (χ4v) is 9.82. The van der Waals surface area contributed by atoms with Crippen LogP contribution in [-0.4, -0.2) is 14.2 Å². The smallest absolute Gasteiger partial charge is 0.127 e. The van der Waals surface area contributed by atoms with E-state index in [2.05, 4.69) is 60.7 Å². The molecule has 4 aromatic carbocycles. The van der Waals surface area contributed by atoms with Crippen molar-refractivity contribution in [3.63, 3.8) is 0 Å². The first-order valence-corrected chi connectivity index (χ1v) is 19.1. The second-order valence-corrected chi connectivity index (χ2v) is 14.9. The Morgan fingerprint density at radius 3 is 1.06 bits per heavy atom. The van der Waals surface area contributed by atoms with Crippen molar-refractivity contribution < 1.29 is 9.47 Å². The molecule has 0 saturated carbocycles. The lowest BCUT2D eigenvalue weighted by molar-refractivity contribution is 0.415. The van der Waals surface area contributed by atoms with Gasteiger partial charge in [0.15, 0.2) is 0 Å². The maximum Gasteiger partial charge on any atom is 0.127 e. The summed E-state index contributed by atoms with van der Waals surface area (Å²) < 4.78 is 12.3. The Labute approximate surface area is 292 Å². The molecule has 0 bridgehead atoms. The third-order valence-electron chi connectivity index (χ3n) is 12.2. The van der Waals surface area contributed by atoms with Crippen molar-refractivity contribution in [2.24, 2.45) is 0 Å². The van der Waals surface area contributed by atoms with Gasteiger partial charge in [0.2, 0.25) is 0 Å². The molecule has 3 heteroatoms. The van der Waals surface area contributed by atoms with Gasteiger partial charge in [0.1, 0.15) is 11.5 Å². The Kier molecular flexibility index (Phi) is 8.11. The van der Waals surface area contributed by atoms with Crippen molar-refractivity contribution in [2.75, 3.05) is 14.2 Å². The number of benzene rings is 4. The third kappa shape index (κ3) is 5.23. The summed E-state index contributed by atoms with van der Waals surface area (Å²) in [6.07, 6.45) is 19.1. The second kappa shape index (κ2) is 12.9. The van der Waals surface area contributed by atoms with Crippen LogP contribution in [0.3, 0.4) is 0 Å². The molecule has 0 saturated heterocycles. The molecule has 4 aliphatic rings. The van der Waals surface area contributed by atoms with Gasteiger partial charge in [-0.05, 0) is 182 Å². The van der Waals surface area contributed by atoms with Crippen molar-refractivity contribution in [3.05, 3.63) is 105 Å². The van der Waals surface area contributed by atoms with Gasteiger partial charge in [0.05, 0.1) is 14.2 Å². The average Bonchev–Trinajstić information content (AvgIpc) is 3.66. The summed E-state index contributed by atoms with van der Waals surface area (Å²) in [6.45, 7) is 0. The third-order valence-corrected chi connectivity index (χ3v) is 12.2. The van der Waals surface area contributed by atoms with E-state index in [1.54, 1.807) is 0 Å². The van der Waals surface area contributed by atoms with Crippen LogP contribution in [0.2, 0.25) is 0 Å². The van der Waals surface area contributed by atoms with E-state index in [0.717, 1.165) is 74.3 Å². The van der Waals surface area contributed by atoms with Crippen LogP contribution in [0.5, 0.6) is 11.5 Å². The van der Waals surface area contributed by atoms with Crippen LogP contribution < -0.4 is 14.5 Å². The fraction of sp³-hybridized carbons (Fsp3) is 0.391. The number of aromatic nitrogens is 1. The summed E-state index contributed by atoms with van der Waals surface area (Å²) in [5.74, 6) is 2.01. The maximum atomic E-state index is 6.17. The van der Waals surface area contributed by atoms with Crippen LogP contribution in [0, 0.1) is 0 Å². The largest absolute Gasteiger partial charge is 0.657 e. The van der Waals surface area contributed by atoms with E-state index in [0.29, 0.717) is 0 Å². The van der Waals surface area contributed by atoms with Crippen LogP contribution in [0.1, 0.15) is 95.9 Å². The Morgan fingerprint density at radius 2 is 0.694 bits per heavy atom. The minimum atomic E-state index is 1.01. The van der Waals surface area contributed by atoms with Gasteiger partial charge in [0.25, 0.3) is 0 Å². The number of hydrogen-bond acceptors (Lipinski definition) is 2. The van der Waals surface area contributed by atoms with Crippen molar-refractivity contribution >= 4 is 0 Å². The molecule has 0 fully saturated rings. The number of methoxy groups -OCH3 is 2. The molecule has 0 radical (unpaired) electrons. The minimum Gasteiger partial charge on any atom is -0.657 e. The van der Waals surface area contributed by atoms with Crippen molar-refractivity contribution in [3.8, 4) is 56.3 Å². The van der Waals surface area contributed by atoms with E-state index in [-0.39, 0.29) is 0 Å². The topological polar surface area (TPSA) is 32.6 Å². The minimum absolute atomic E-state index is 1.01. The molecule has 1 aromatic heterocycles. The second-order valence-electron chi connectivity index (χ2n) is 14.9. The number of fused-ring (bicyclic) bond motifs is 4. The first-order chi connectivity index (χ1) is 24.2. The monoisotopic (exact) mass is 646 g/mol. The molecule has 49 heavy (non-hydrogen) atoms. The van der Waals surface area contributed by atoms with Crippen LogP contribution >= 0.6 is 0 Å². The zero-order valence-electron chi connectivity index (χ0n) is 29.4. The molecule has 4 aliphatic carbocycles. The van der Waals surface area contributed by atoms with Gasteiger partial charge in [-0.2, -0.15) is 0 Å². The van der Waals surface area contributed by atoms with E-state index < -0.39 is 0 Å². The number of ether oxygens (including phenoxy) is 2. The predicted octanol–water partition coefficient (Wildman–Crippen LogP) is 10.8. The first kappa shape index (κ1) is 30.8. The van der Waals surface area contributed by atoms with E-state index in [9.17, 15) is 0 Å². The number of aryl methyl sites for hydroxylation is 4. The van der Waals surface area contributed by atoms with Crippen LogP contribution in [0.15, 0.2) is 60.7 Å². The molecule has 0 N–H and O–H groups in total. The van der Waals surface area contributed by atoms with E-state index in [4.69, 9.17) is 14.5 Å². The molecule has 0 spiro atoms. The van der Waals surface area contributed by atoms with E-state index in [1.807, 2.05) is 14.2 Å². The summed E-state index contributed by atoms with van der Waals surface area (Å²) >= 11 is 0. The summed E-state index contributed by atoms with van der Waals surface area (Å²) in [5.41, 5.74) is 22.1. The number of nitrogens with zero attached hydrogens (tertiary/aromatic N) is 1. The molecule has 3 nitrogen and oxygen atoms in total. The molecule has 0 unspecified atom stereocenters. The Balaban J connectivity index is 1.26. The quantitative estimate of drug-likeness (QED) is 0.184. The highest BCUT2D eigenvalue weighted by Gasteiger charge is 2.27. The van der Waals surface area contributed by atoms with Gasteiger partial charge in [0, 0.05) is 11.1 Å². The van der Waals surface area contributed by atoms with Gasteiger partial charge in [-0.25, -0.2) is 0 Å². The van der Waals surface area contributed by atoms with Gasteiger partial charge >= 0.3 is 0 Å². The lowest BCUT2D eigenvalue weighted by atomic mass is 9.78. The van der Waals surface area contributed by atoms with E-state index in [1.165, 1.54) is 129 Å². The maximum absolute atomic E-state index is 6.17. The van der Waals surface area contributed by atoms with Gasteiger partial charge in [-0.15, -0.1) is 11.4 Å². The number of hydrogen-bond donors (Lipinski definition) is 0. The summed E-state index contributed by atoms with van der Waals surface area (Å²) in [7, 11) is 3.69. The molecule has 250 valence electrons. The van der Waals surface area contributed by atoms with E-state index >= 15 is 0 Å². The molecule has 0 amide bonds. The highest BCUT2D eigenvalue weighted by Crippen LogP contribution is 2.49. The standard InChI is InChI=1S/C46H48NO2/c1-48-41-27-21-31-13-5-9-17-35(31)45(41)43-33-15-7-3-11-29(33)19-23-37(43)39-25-26-40(47-39)38-24-20-30-12-4-8-16-34(30)44(38)46-36-18-10-6-14-32(36)22-28-42(46)49-2/h19-28H,3-18H2,1-2H3/q-1. The molecule has 0 atom stereocenters. The van der Waals surface area contributed by atoms with Crippen molar-refractivity contribution in [1.82, 2.24) is 4.98 Å². The average molecular weight is 647 g/mol. The van der Waals surface area contributed by atoms with Gasteiger partial charge < -0.3 is 14.5 Å². The SMILES string of the molecule is COc1ccc2c(c1-c1c(-c3ccc(-c4ccc5c(c4-c4c(OC)ccc6c4CCCC6)CCCC5)[n-]3)ccc3c1CCCC3)CCCC2. The molecular weight excluding hydrogens is 599 g/mol. The van der Waals surface area contributed by atoms with Gasteiger partial charge in [-0.1, -0.05) is 48.5 Å².